The zero-order valence-electron chi connectivity index (χ0n) is 16.7. The molecule has 3 aromatic rings. The van der Waals surface area contributed by atoms with E-state index in [1.54, 1.807) is 24.3 Å². The van der Waals surface area contributed by atoms with Gasteiger partial charge in [0.15, 0.2) is 5.82 Å². The maximum Gasteiger partial charge on any atom is 0.421 e. The first kappa shape index (κ1) is 21.4. The van der Waals surface area contributed by atoms with Crippen LogP contribution in [-0.2, 0) is 12.8 Å². The number of nitrogens with zero attached hydrogens (tertiary/aromatic N) is 3. The molecule has 0 radical (unpaired) electrons. The largest absolute Gasteiger partial charge is 0.491 e. The van der Waals surface area contributed by atoms with Crippen molar-refractivity contribution >= 4 is 11.5 Å². The quantitative estimate of drug-likeness (QED) is 0.475. The molecule has 3 rings (SSSR count). The van der Waals surface area contributed by atoms with Gasteiger partial charge in [-0.2, -0.15) is 18.2 Å². The molecule has 2 aromatic carbocycles. The number of ether oxygens (including phenoxy) is 2. The van der Waals surface area contributed by atoms with Crippen molar-refractivity contribution in [1.82, 2.24) is 9.97 Å². The number of hydrogen-bond acceptors (Lipinski definition) is 5. The Morgan fingerprint density at radius 1 is 0.967 bits per heavy atom. The Hall–Kier alpha value is -3.29. The van der Waals surface area contributed by atoms with E-state index in [4.69, 9.17) is 9.47 Å². The van der Waals surface area contributed by atoms with E-state index in [0.29, 0.717) is 18.0 Å². The second-order valence-electron chi connectivity index (χ2n) is 6.54. The van der Waals surface area contributed by atoms with Gasteiger partial charge in [0.05, 0.1) is 12.3 Å². The predicted molar refractivity (Wildman–Crippen MR) is 108 cm³/mol. The van der Waals surface area contributed by atoms with Gasteiger partial charge in [-0.15, -0.1) is 0 Å². The highest BCUT2D eigenvalue weighted by Crippen LogP contribution is 2.40. The molecule has 158 valence electrons. The molecule has 1 heterocycles. The summed E-state index contributed by atoms with van der Waals surface area (Å²) in [6.07, 6.45) is -3.10. The summed E-state index contributed by atoms with van der Waals surface area (Å²) < 4.78 is 52.1. The summed E-state index contributed by atoms with van der Waals surface area (Å²) in [6, 6.07) is 16.0. The Morgan fingerprint density at radius 3 is 2.37 bits per heavy atom. The standard InChI is InChI=1S/C22H22F3N3O2/c1-3-13-29-19-12-8-7-11-18(19)28(2)20-17(22(23,24)25)14-26-21(27-20)30-15-16-9-5-4-6-10-16/h4-12,14H,3,13,15H2,1-2H3. The van der Waals surface area contributed by atoms with Gasteiger partial charge < -0.3 is 14.4 Å². The monoisotopic (exact) mass is 417 g/mol. The van der Waals surface area contributed by atoms with Gasteiger partial charge in [-0.1, -0.05) is 49.4 Å². The van der Waals surface area contributed by atoms with Gasteiger partial charge in [0.25, 0.3) is 0 Å². The Balaban J connectivity index is 1.95. The van der Waals surface area contributed by atoms with Gasteiger partial charge in [-0.25, -0.2) is 4.98 Å². The molecule has 1 aromatic heterocycles. The first-order valence-corrected chi connectivity index (χ1v) is 9.46. The van der Waals surface area contributed by atoms with Crippen molar-refractivity contribution in [3.63, 3.8) is 0 Å². The van der Waals surface area contributed by atoms with Crippen LogP contribution in [0.2, 0.25) is 0 Å². The fourth-order valence-electron chi connectivity index (χ4n) is 2.79. The van der Waals surface area contributed by atoms with Gasteiger partial charge in [0.1, 0.15) is 17.9 Å². The third-order valence-corrected chi connectivity index (χ3v) is 4.27. The van der Waals surface area contributed by atoms with E-state index in [0.717, 1.165) is 18.2 Å². The Bertz CT molecular complexity index is 965. The lowest BCUT2D eigenvalue weighted by Gasteiger charge is -2.24. The highest BCUT2D eigenvalue weighted by atomic mass is 19.4. The van der Waals surface area contributed by atoms with Crippen LogP contribution < -0.4 is 14.4 Å². The van der Waals surface area contributed by atoms with Crippen LogP contribution in [0.4, 0.5) is 24.7 Å². The van der Waals surface area contributed by atoms with E-state index in [1.807, 2.05) is 37.3 Å². The van der Waals surface area contributed by atoms with Crippen molar-refractivity contribution in [2.24, 2.45) is 0 Å². The van der Waals surface area contributed by atoms with Crippen molar-refractivity contribution in [3.8, 4) is 11.8 Å². The lowest BCUT2D eigenvalue weighted by atomic mass is 10.2. The number of halogens is 3. The molecule has 0 aliphatic carbocycles. The second kappa shape index (κ2) is 9.47. The van der Waals surface area contributed by atoms with Crippen molar-refractivity contribution < 1.29 is 22.6 Å². The van der Waals surface area contributed by atoms with Gasteiger partial charge in [0.2, 0.25) is 0 Å². The third kappa shape index (κ3) is 5.20. The number of rotatable bonds is 8. The van der Waals surface area contributed by atoms with Crippen LogP contribution in [0.5, 0.6) is 11.8 Å². The van der Waals surface area contributed by atoms with E-state index in [2.05, 4.69) is 9.97 Å². The molecule has 0 N–H and O–H groups in total. The maximum atomic E-state index is 13.6. The Labute approximate surface area is 173 Å². The number of alkyl halides is 3. The smallest absolute Gasteiger partial charge is 0.421 e. The number of hydrogen-bond donors (Lipinski definition) is 0. The zero-order chi connectivity index (χ0) is 21.6. The van der Waals surface area contributed by atoms with Crippen LogP contribution in [0.15, 0.2) is 60.8 Å². The van der Waals surface area contributed by atoms with E-state index < -0.39 is 11.7 Å². The van der Waals surface area contributed by atoms with Gasteiger partial charge in [0, 0.05) is 13.2 Å². The van der Waals surface area contributed by atoms with Crippen LogP contribution in [0.1, 0.15) is 24.5 Å². The first-order chi connectivity index (χ1) is 14.4. The summed E-state index contributed by atoms with van der Waals surface area (Å²) in [6.45, 7) is 2.55. The van der Waals surface area contributed by atoms with Crippen molar-refractivity contribution in [1.29, 1.82) is 0 Å². The molecule has 0 unspecified atom stereocenters. The Kier molecular flexibility index (Phi) is 6.76. The van der Waals surface area contributed by atoms with Crippen LogP contribution in [0.3, 0.4) is 0 Å². The van der Waals surface area contributed by atoms with Crippen LogP contribution >= 0.6 is 0 Å². The molecular weight excluding hydrogens is 395 g/mol. The minimum absolute atomic E-state index is 0.138. The highest BCUT2D eigenvalue weighted by molar-refractivity contribution is 5.68. The minimum atomic E-state index is -4.62. The summed E-state index contributed by atoms with van der Waals surface area (Å²) in [7, 11) is 1.51. The fraction of sp³-hybridized carbons (Fsp3) is 0.273. The molecule has 5 nitrogen and oxygen atoms in total. The van der Waals surface area contributed by atoms with E-state index >= 15 is 0 Å². The van der Waals surface area contributed by atoms with Crippen molar-refractivity contribution in [2.45, 2.75) is 26.1 Å². The molecule has 0 bridgehead atoms. The van der Waals surface area contributed by atoms with Gasteiger partial charge in [-0.3, -0.25) is 0 Å². The lowest BCUT2D eigenvalue weighted by molar-refractivity contribution is -0.137. The molecule has 8 heteroatoms. The van der Waals surface area contributed by atoms with E-state index in [9.17, 15) is 13.2 Å². The normalized spacial score (nSPS) is 11.2. The molecule has 0 saturated heterocycles. The summed E-state index contributed by atoms with van der Waals surface area (Å²) in [5, 5.41) is 0. The number of anilines is 2. The summed E-state index contributed by atoms with van der Waals surface area (Å²) in [5.74, 6) is 0.161. The van der Waals surface area contributed by atoms with Crippen LogP contribution in [-0.4, -0.2) is 23.6 Å². The lowest BCUT2D eigenvalue weighted by Crippen LogP contribution is -2.20. The van der Waals surface area contributed by atoms with Gasteiger partial charge in [-0.05, 0) is 24.1 Å². The summed E-state index contributed by atoms with van der Waals surface area (Å²) in [5.41, 5.74) is 0.362. The number of aromatic nitrogens is 2. The number of para-hydroxylation sites is 2. The molecule has 30 heavy (non-hydrogen) atoms. The first-order valence-electron chi connectivity index (χ1n) is 9.46. The summed E-state index contributed by atoms with van der Waals surface area (Å²) in [4.78, 5) is 9.16. The molecule has 0 amide bonds. The fourth-order valence-corrected chi connectivity index (χ4v) is 2.79. The molecule has 0 aliphatic rings. The van der Waals surface area contributed by atoms with Crippen LogP contribution in [0, 0.1) is 0 Å². The molecule has 0 spiro atoms. The molecule has 0 saturated carbocycles. The van der Waals surface area contributed by atoms with E-state index in [1.165, 1.54) is 11.9 Å². The third-order valence-electron chi connectivity index (χ3n) is 4.27. The minimum Gasteiger partial charge on any atom is -0.491 e. The molecule has 0 fully saturated rings. The average molecular weight is 417 g/mol. The highest BCUT2D eigenvalue weighted by Gasteiger charge is 2.37. The molecular formula is C22H22F3N3O2. The van der Waals surface area contributed by atoms with E-state index in [-0.39, 0.29) is 18.4 Å². The van der Waals surface area contributed by atoms with Gasteiger partial charge >= 0.3 is 12.2 Å². The molecule has 0 atom stereocenters. The average Bonchev–Trinajstić information content (AvgIpc) is 2.76. The summed E-state index contributed by atoms with van der Waals surface area (Å²) >= 11 is 0. The SMILES string of the molecule is CCCOc1ccccc1N(C)c1nc(OCc2ccccc2)ncc1C(F)(F)F. The predicted octanol–water partition coefficient (Wildman–Crippen LogP) is 5.63. The second-order valence-corrected chi connectivity index (χ2v) is 6.54. The zero-order valence-corrected chi connectivity index (χ0v) is 16.7. The van der Waals surface area contributed by atoms with Crippen molar-refractivity contribution in [2.75, 3.05) is 18.6 Å². The molecule has 0 aliphatic heterocycles. The maximum absolute atomic E-state index is 13.6. The van der Waals surface area contributed by atoms with Crippen molar-refractivity contribution in [3.05, 3.63) is 71.9 Å². The topological polar surface area (TPSA) is 47.5 Å². The number of benzene rings is 2. The Morgan fingerprint density at radius 2 is 1.67 bits per heavy atom. The van der Waals surface area contributed by atoms with Crippen LogP contribution in [0.25, 0.3) is 0 Å².